The molecule has 0 aliphatic carbocycles. The summed E-state index contributed by atoms with van der Waals surface area (Å²) < 4.78 is 11.5. The molecule has 3 aromatic heterocycles. The normalized spacial score (nSPS) is 18.3. The number of aromatic amines is 1. The minimum absolute atomic E-state index is 0.221. The van der Waals surface area contributed by atoms with Crippen LogP contribution in [-0.4, -0.2) is 80.6 Å². The third-order valence-electron chi connectivity index (χ3n) is 9.20. The Morgan fingerprint density at radius 2 is 1.90 bits per heavy atom. The van der Waals surface area contributed by atoms with Crippen molar-refractivity contribution in [2.24, 2.45) is 5.92 Å². The first kappa shape index (κ1) is 27.7. The lowest BCUT2D eigenvalue weighted by atomic mass is 9.89. The Balaban J connectivity index is 0.973. The molecule has 218 valence electrons. The number of rotatable bonds is 10. The minimum Gasteiger partial charge on any atom is -0.507 e. The number of hydrogen-bond donors (Lipinski definition) is 2. The number of para-hydroxylation sites is 1. The summed E-state index contributed by atoms with van der Waals surface area (Å²) in [6, 6.07) is 11.9. The molecule has 0 saturated carbocycles. The van der Waals surface area contributed by atoms with Gasteiger partial charge in [0, 0.05) is 60.2 Å². The average molecular weight is 559 g/mol. The van der Waals surface area contributed by atoms with Crippen molar-refractivity contribution in [1.82, 2.24) is 30.1 Å². The zero-order valence-corrected chi connectivity index (χ0v) is 24.6. The van der Waals surface area contributed by atoms with E-state index in [1.165, 1.54) is 24.1 Å². The van der Waals surface area contributed by atoms with Crippen LogP contribution >= 0.6 is 0 Å². The van der Waals surface area contributed by atoms with Gasteiger partial charge in [0.1, 0.15) is 18.1 Å². The van der Waals surface area contributed by atoms with E-state index in [4.69, 9.17) is 9.26 Å². The monoisotopic (exact) mass is 558 g/mol. The van der Waals surface area contributed by atoms with E-state index in [0.717, 1.165) is 55.9 Å². The Morgan fingerprint density at radius 1 is 1.12 bits per heavy atom. The second-order valence-corrected chi connectivity index (χ2v) is 12.1. The van der Waals surface area contributed by atoms with Crippen molar-refractivity contribution in [2.45, 2.75) is 64.8 Å². The standard InChI is InChI=1S/C32H42N6O3/c1-5-24(20(2)3)29-17-30(36-41-29)40-15-14-37-12-10-23(11-13-37)38-18-22(19-38)31-21(4)26-16-27(34-35-32(26)33-31)25-8-6-7-9-28(25)39/h6-9,16-17,20,22-24,39H,5,10-15,18-19H2,1-4H3,(H,33,35)/t24-/m1/s1. The van der Waals surface area contributed by atoms with E-state index < -0.39 is 0 Å². The lowest BCUT2D eigenvalue weighted by Crippen LogP contribution is -2.54. The van der Waals surface area contributed by atoms with Gasteiger partial charge in [-0.1, -0.05) is 32.9 Å². The van der Waals surface area contributed by atoms with Crippen LogP contribution in [0.25, 0.3) is 22.3 Å². The number of nitrogens with one attached hydrogen (secondary N) is 1. The number of aromatic hydroxyl groups is 1. The first-order valence-electron chi connectivity index (χ1n) is 15.1. The van der Waals surface area contributed by atoms with Gasteiger partial charge in [0.05, 0.1) is 5.69 Å². The first-order chi connectivity index (χ1) is 19.9. The second-order valence-electron chi connectivity index (χ2n) is 12.1. The van der Waals surface area contributed by atoms with Crippen LogP contribution in [0.4, 0.5) is 0 Å². The van der Waals surface area contributed by atoms with Crippen LogP contribution in [-0.2, 0) is 0 Å². The van der Waals surface area contributed by atoms with E-state index in [1.54, 1.807) is 6.07 Å². The minimum atomic E-state index is 0.221. The van der Waals surface area contributed by atoms with Gasteiger partial charge in [-0.05, 0) is 74.1 Å². The molecule has 2 aliphatic heterocycles. The molecule has 0 bridgehead atoms. The van der Waals surface area contributed by atoms with Crippen LogP contribution < -0.4 is 4.74 Å². The van der Waals surface area contributed by atoms with Gasteiger partial charge >= 0.3 is 0 Å². The molecule has 5 heterocycles. The van der Waals surface area contributed by atoms with Crippen molar-refractivity contribution in [2.75, 3.05) is 39.3 Å². The van der Waals surface area contributed by atoms with E-state index in [0.29, 0.717) is 47.5 Å². The van der Waals surface area contributed by atoms with Crippen molar-refractivity contribution in [1.29, 1.82) is 0 Å². The number of H-pyrrole nitrogens is 1. The maximum Gasteiger partial charge on any atom is 0.254 e. The summed E-state index contributed by atoms with van der Waals surface area (Å²) in [7, 11) is 0. The third-order valence-corrected chi connectivity index (χ3v) is 9.20. The van der Waals surface area contributed by atoms with Crippen molar-refractivity contribution < 1.29 is 14.4 Å². The number of aryl methyl sites for hydroxylation is 1. The van der Waals surface area contributed by atoms with Crippen molar-refractivity contribution >= 4 is 11.0 Å². The summed E-state index contributed by atoms with van der Waals surface area (Å²) in [5, 5.41) is 24.3. The molecule has 1 aromatic carbocycles. The van der Waals surface area contributed by atoms with Crippen molar-refractivity contribution in [3.8, 4) is 22.9 Å². The number of aromatic nitrogens is 4. The number of fused-ring (bicyclic) bond motifs is 1. The van der Waals surface area contributed by atoms with E-state index >= 15 is 0 Å². The number of piperidine rings is 1. The SMILES string of the molecule is CC[C@@H](c1cc(OCCN2CCC(N3CC(c4[nH]c5nnc(-c6ccccc6O)cc5c4C)C3)CC2)no1)C(C)C. The molecular weight excluding hydrogens is 516 g/mol. The van der Waals surface area contributed by atoms with Crippen molar-refractivity contribution in [3.05, 3.63) is 53.4 Å². The maximum absolute atomic E-state index is 10.2. The summed E-state index contributed by atoms with van der Waals surface area (Å²) in [5.41, 5.74) is 4.72. The fourth-order valence-corrected chi connectivity index (χ4v) is 6.66. The summed E-state index contributed by atoms with van der Waals surface area (Å²) in [4.78, 5) is 8.68. The topological polar surface area (TPSA) is 104 Å². The van der Waals surface area contributed by atoms with Gasteiger partial charge in [-0.3, -0.25) is 9.80 Å². The van der Waals surface area contributed by atoms with Crippen LogP contribution in [0.1, 0.15) is 68.9 Å². The number of benzene rings is 1. The summed E-state index contributed by atoms with van der Waals surface area (Å²) in [6.07, 6.45) is 3.42. The molecule has 4 aromatic rings. The molecule has 1 atom stereocenters. The highest BCUT2D eigenvalue weighted by atomic mass is 16.5. The molecule has 2 saturated heterocycles. The fourth-order valence-electron chi connectivity index (χ4n) is 6.66. The van der Waals surface area contributed by atoms with E-state index in [2.05, 4.69) is 57.8 Å². The Hall–Kier alpha value is -3.43. The fraction of sp³-hybridized carbons (Fsp3) is 0.531. The highest BCUT2D eigenvalue weighted by molar-refractivity contribution is 5.85. The molecule has 41 heavy (non-hydrogen) atoms. The Bertz CT molecular complexity index is 1470. The molecule has 0 radical (unpaired) electrons. The van der Waals surface area contributed by atoms with E-state index in [9.17, 15) is 5.11 Å². The first-order valence-corrected chi connectivity index (χ1v) is 15.1. The number of nitrogens with zero attached hydrogens (tertiary/aromatic N) is 5. The molecule has 0 spiro atoms. The van der Waals surface area contributed by atoms with Gasteiger partial charge in [0.25, 0.3) is 5.88 Å². The van der Waals surface area contributed by atoms with Gasteiger partial charge in [-0.15, -0.1) is 10.2 Å². The van der Waals surface area contributed by atoms with Gasteiger partial charge < -0.3 is 19.4 Å². The van der Waals surface area contributed by atoms with Crippen LogP contribution in [0, 0.1) is 12.8 Å². The van der Waals surface area contributed by atoms with Crippen LogP contribution in [0.3, 0.4) is 0 Å². The van der Waals surface area contributed by atoms with Gasteiger partial charge in [-0.2, -0.15) is 0 Å². The molecule has 6 rings (SSSR count). The Kier molecular flexibility index (Phi) is 7.99. The predicted molar refractivity (Wildman–Crippen MR) is 159 cm³/mol. The number of ether oxygens (including phenoxy) is 1. The lowest BCUT2D eigenvalue weighted by Gasteiger charge is -2.47. The molecule has 0 unspecified atom stereocenters. The number of phenolic OH excluding ortho intramolecular Hbond substituents is 1. The number of phenols is 1. The predicted octanol–water partition coefficient (Wildman–Crippen LogP) is 5.72. The summed E-state index contributed by atoms with van der Waals surface area (Å²) in [5.74, 6) is 3.15. The molecule has 0 amide bonds. The molecular formula is C32H42N6O3. The molecule has 2 fully saturated rings. The second kappa shape index (κ2) is 11.8. The van der Waals surface area contributed by atoms with Gasteiger partial charge in [0.15, 0.2) is 5.65 Å². The summed E-state index contributed by atoms with van der Waals surface area (Å²) >= 11 is 0. The maximum atomic E-state index is 10.2. The highest BCUT2D eigenvalue weighted by Gasteiger charge is 2.36. The summed E-state index contributed by atoms with van der Waals surface area (Å²) in [6.45, 7) is 14.7. The Labute approximate surface area is 241 Å². The largest absolute Gasteiger partial charge is 0.507 e. The zero-order valence-electron chi connectivity index (χ0n) is 24.6. The molecule has 9 heteroatoms. The smallest absolute Gasteiger partial charge is 0.254 e. The molecule has 9 nitrogen and oxygen atoms in total. The van der Waals surface area contributed by atoms with Crippen LogP contribution in [0.2, 0.25) is 0 Å². The lowest BCUT2D eigenvalue weighted by molar-refractivity contribution is 0.0423. The van der Waals surface area contributed by atoms with Gasteiger partial charge in [-0.25, -0.2) is 0 Å². The third kappa shape index (κ3) is 5.70. The van der Waals surface area contributed by atoms with Crippen LogP contribution in [0.15, 0.2) is 40.9 Å². The average Bonchev–Trinajstić information content (AvgIpc) is 3.53. The highest BCUT2D eigenvalue weighted by Crippen LogP contribution is 2.36. The molecule has 2 N–H and O–H groups in total. The zero-order chi connectivity index (χ0) is 28.5. The van der Waals surface area contributed by atoms with Crippen molar-refractivity contribution in [3.63, 3.8) is 0 Å². The molecule has 2 aliphatic rings. The number of likely N-dealkylation sites (tertiary alicyclic amines) is 2. The quantitative estimate of drug-likeness (QED) is 0.255. The van der Waals surface area contributed by atoms with Crippen LogP contribution in [0.5, 0.6) is 11.6 Å². The van der Waals surface area contributed by atoms with E-state index in [-0.39, 0.29) is 5.75 Å². The number of hydrogen-bond acceptors (Lipinski definition) is 8. The van der Waals surface area contributed by atoms with E-state index in [1.807, 2.05) is 30.3 Å². The van der Waals surface area contributed by atoms with Gasteiger partial charge in [0.2, 0.25) is 0 Å². The Morgan fingerprint density at radius 3 is 2.63 bits per heavy atom.